The van der Waals surface area contributed by atoms with E-state index in [1.165, 1.54) is 0 Å². The molecular weight excluding hydrogens is 264 g/mol. The van der Waals surface area contributed by atoms with Crippen molar-refractivity contribution in [3.63, 3.8) is 0 Å². The molecule has 2 heterocycles. The van der Waals surface area contributed by atoms with Crippen LogP contribution in [0.5, 0.6) is 0 Å². The number of likely N-dealkylation sites (tertiary alicyclic amines) is 1. The normalized spacial score (nSPS) is 23.5. The summed E-state index contributed by atoms with van der Waals surface area (Å²) in [5, 5.41) is 8.29. The first-order valence-corrected chi connectivity index (χ1v) is 8.11. The van der Waals surface area contributed by atoms with Gasteiger partial charge < -0.3 is 9.47 Å². The Kier molecular flexibility index (Phi) is 4.36. The fourth-order valence-corrected chi connectivity index (χ4v) is 3.46. The van der Waals surface area contributed by atoms with Crippen molar-refractivity contribution in [2.24, 2.45) is 5.92 Å². The Morgan fingerprint density at radius 2 is 2.10 bits per heavy atom. The zero-order valence-corrected chi connectivity index (χ0v) is 12.7. The minimum Gasteiger partial charge on any atom is -0.342 e. The highest BCUT2D eigenvalue weighted by atomic mass is 16.2. The summed E-state index contributed by atoms with van der Waals surface area (Å²) in [6, 6.07) is 0. The van der Waals surface area contributed by atoms with Gasteiger partial charge in [-0.1, -0.05) is 12.2 Å². The topological polar surface area (TPSA) is 51.0 Å². The van der Waals surface area contributed by atoms with Gasteiger partial charge in [0.1, 0.15) is 12.2 Å². The number of amides is 1. The zero-order chi connectivity index (χ0) is 14.7. The number of aryl methyl sites for hydroxylation is 1. The van der Waals surface area contributed by atoms with Gasteiger partial charge in [0.2, 0.25) is 5.91 Å². The molecule has 5 nitrogen and oxygen atoms in total. The van der Waals surface area contributed by atoms with Crippen molar-refractivity contribution < 1.29 is 4.79 Å². The average Bonchev–Trinajstić information content (AvgIpc) is 3.04. The van der Waals surface area contributed by atoms with E-state index >= 15 is 0 Å². The Morgan fingerprint density at radius 3 is 2.76 bits per heavy atom. The fourth-order valence-electron chi connectivity index (χ4n) is 3.46. The molecule has 0 N–H and O–H groups in total. The maximum absolute atomic E-state index is 12.5. The third-order valence-corrected chi connectivity index (χ3v) is 4.78. The van der Waals surface area contributed by atoms with Gasteiger partial charge in [0.15, 0.2) is 0 Å². The Hall–Kier alpha value is -1.65. The van der Waals surface area contributed by atoms with Crippen molar-refractivity contribution in [1.29, 1.82) is 0 Å². The molecule has 1 amide bonds. The summed E-state index contributed by atoms with van der Waals surface area (Å²) in [4.78, 5) is 14.6. The first-order valence-electron chi connectivity index (χ1n) is 8.11. The standard InChI is InChI=1S/C16H24N4O/c1-2-19-12-17-18-15(19)13-8-10-20(11-9-13)16(21)14-6-4-3-5-7-14/h3-4,12-14H,2,5-11H2,1H3/t14-/m1/s1. The van der Waals surface area contributed by atoms with E-state index < -0.39 is 0 Å². The number of rotatable bonds is 3. The summed E-state index contributed by atoms with van der Waals surface area (Å²) >= 11 is 0. The highest BCUT2D eigenvalue weighted by molar-refractivity contribution is 5.79. The van der Waals surface area contributed by atoms with Crippen LogP contribution in [0.1, 0.15) is 50.8 Å². The van der Waals surface area contributed by atoms with Gasteiger partial charge in [-0.25, -0.2) is 0 Å². The van der Waals surface area contributed by atoms with Gasteiger partial charge in [0.25, 0.3) is 0 Å². The van der Waals surface area contributed by atoms with Gasteiger partial charge >= 0.3 is 0 Å². The Morgan fingerprint density at radius 1 is 1.29 bits per heavy atom. The van der Waals surface area contributed by atoms with Crippen molar-refractivity contribution in [3.05, 3.63) is 24.3 Å². The largest absolute Gasteiger partial charge is 0.342 e. The number of carbonyl (C=O) groups excluding carboxylic acids is 1. The first kappa shape index (κ1) is 14.3. The van der Waals surface area contributed by atoms with Crippen LogP contribution in [0, 0.1) is 5.92 Å². The Bertz CT molecular complexity index is 514. The molecule has 0 aromatic carbocycles. The second-order valence-electron chi connectivity index (χ2n) is 6.06. The molecule has 3 rings (SSSR count). The summed E-state index contributed by atoms with van der Waals surface area (Å²) in [6.45, 7) is 4.75. The van der Waals surface area contributed by atoms with Crippen LogP contribution in [0.4, 0.5) is 0 Å². The monoisotopic (exact) mass is 288 g/mol. The number of hydrogen-bond acceptors (Lipinski definition) is 3. The van der Waals surface area contributed by atoms with Gasteiger partial charge in [-0.3, -0.25) is 4.79 Å². The van der Waals surface area contributed by atoms with Crippen molar-refractivity contribution in [2.45, 2.75) is 51.5 Å². The van der Waals surface area contributed by atoms with Crippen molar-refractivity contribution >= 4 is 5.91 Å². The summed E-state index contributed by atoms with van der Waals surface area (Å²) in [7, 11) is 0. The van der Waals surface area contributed by atoms with Crippen LogP contribution in [0.3, 0.4) is 0 Å². The molecule has 1 atom stereocenters. The fraction of sp³-hybridized carbons (Fsp3) is 0.688. The molecule has 0 bridgehead atoms. The minimum absolute atomic E-state index is 0.214. The van der Waals surface area contributed by atoms with Crippen LogP contribution in [0.15, 0.2) is 18.5 Å². The molecule has 1 aromatic heterocycles. The molecule has 2 aliphatic rings. The van der Waals surface area contributed by atoms with Crippen LogP contribution in [0.25, 0.3) is 0 Å². The molecule has 1 aliphatic heterocycles. The molecule has 21 heavy (non-hydrogen) atoms. The SMILES string of the molecule is CCn1cnnc1C1CCN(C(=O)[C@@H]2CC=CCC2)CC1. The lowest BCUT2D eigenvalue weighted by atomic mass is 9.90. The number of hydrogen-bond donors (Lipinski definition) is 0. The van der Waals surface area contributed by atoms with Gasteiger partial charge in [-0.15, -0.1) is 10.2 Å². The maximum Gasteiger partial charge on any atom is 0.226 e. The van der Waals surface area contributed by atoms with E-state index in [0.29, 0.717) is 11.8 Å². The van der Waals surface area contributed by atoms with Crippen LogP contribution < -0.4 is 0 Å². The lowest BCUT2D eigenvalue weighted by Crippen LogP contribution is -2.41. The molecule has 1 saturated heterocycles. The van der Waals surface area contributed by atoms with Crippen molar-refractivity contribution in [1.82, 2.24) is 19.7 Å². The average molecular weight is 288 g/mol. The summed E-state index contributed by atoms with van der Waals surface area (Å²) < 4.78 is 2.12. The summed E-state index contributed by atoms with van der Waals surface area (Å²) in [6.07, 6.45) is 11.1. The minimum atomic E-state index is 0.214. The van der Waals surface area contributed by atoms with Crippen LogP contribution >= 0.6 is 0 Å². The molecule has 1 fully saturated rings. The van der Waals surface area contributed by atoms with Crippen molar-refractivity contribution in [3.8, 4) is 0 Å². The van der Waals surface area contributed by atoms with E-state index in [1.807, 2.05) is 0 Å². The van der Waals surface area contributed by atoms with E-state index in [2.05, 4.69) is 38.7 Å². The van der Waals surface area contributed by atoms with Crippen LogP contribution in [-0.2, 0) is 11.3 Å². The lowest BCUT2D eigenvalue weighted by Gasteiger charge is -2.34. The molecule has 114 valence electrons. The number of carbonyl (C=O) groups is 1. The molecular formula is C16H24N4O. The molecule has 5 heteroatoms. The van der Waals surface area contributed by atoms with E-state index in [-0.39, 0.29) is 5.92 Å². The second-order valence-corrected chi connectivity index (χ2v) is 6.06. The molecule has 1 aliphatic carbocycles. The van der Waals surface area contributed by atoms with E-state index in [1.54, 1.807) is 6.33 Å². The predicted octanol–water partition coefficient (Wildman–Crippen LogP) is 2.36. The Labute approximate surface area is 126 Å². The Balaban J connectivity index is 1.57. The van der Waals surface area contributed by atoms with Gasteiger partial charge in [0, 0.05) is 31.5 Å². The van der Waals surface area contributed by atoms with Gasteiger partial charge in [-0.2, -0.15) is 0 Å². The van der Waals surface area contributed by atoms with Gasteiger partial charge in [0.05, 0.1) is 0 Å². The third kappa shape index (κ3) is 3.01. The van der Waals surface area contributed by atoms with Crippen molar-refractivity contribution in [2.75, 3.05) is 13.1 Å². The first-order chi connectivity index (χ1) is 10.3. The molecule has 1 aromatic rings. The van der Waals surface area contributed by atoms with Crippen LogP contribution in [0.2, 0.25) is 0 Å². The number of aromatic nitrogens is 3. The zero-order valence-electron chi connectivity index (χ0n) is 12.7. The lowest BCUT2D eigenvalue weighted by molar-refractivity contribution is -0.136. The predicted molar refractivity (Wildman–Crippen MR) is 80.7 cm³/mol. The maximum atomic E-state index is 12.5. The van der Waals surface area contributed by atoms with E-state index in [0.717, 1.165) is 57.6 Å². The molecule has 0 spiro atoms. The number of allylic oxidation sites excluding steroid dienone is 2. The molecule has 0 unspecified atom stereocenters. The second kappa shape index (κ2) is 6.41. The van der Waals surface area contributed by atoms with Crippen LogP contribution in [-0.4, -0.2) is 38.7 Å². The third-order valence-electron chi connectivity index (χ3n) is 4.78. The van der Waals surface area contributed by atoms with E-state index in [9.17, 15) is 4.79 Å². The smallest absolute Gasteiger partial charge is 0.226 e. The highest BCUT2D eigenvalue weighted by Crippen LogP contribution is 2.29. The number of piperidine rings is 1. The number of nitrogens with zero attached hydrogens (tertiary/aromatic N) is 4. The summed E-state index contributed by atoms with van der Waals surface area (Å²) in [5.41, 5.74) is 0. The molecule has 0 radical (unpaired) electrons. The highest BCUT2D eigenvalue weighted by Gasteiger charge is 2.30. The van der Waals surface area contributed by atoms with E-state index in [4.69, 9.17) is 0 Å². The summed E-state index contributed by atoms with van der Waals surface area (Å²) in [5.74, 6) is 2.11. The molecule has 0 saturated carbocycles. The quantitative estimate of drug-likeness (QED) is 0.802. The van der Waals surface area contributed by atoms with Gasteiger partial charge in [-0.05, 0) is 39.0 Å².